The van der Waals surface area contributed by atoms with Crippen LogP contribution >= 0.6 is 23.5 Å². The summed E-state index contributed by atoms with van der Waals surface area (Å²) in [6.07, 6.45) is -8.74. The number of nitrogens with zero attached hydrogens (tertiary/aromatic N) is 2. The third-order valence-electron chi connectivity index (χ3n) is 4.29. The Morgan fingerprint density at radius 3 is 1.38 bits per heavy atom. The first-order chi connectivity index (χ1) is 16.8. The van der Waals surface area contributed by atoms with Crippen molar-refractivity contribution in [1.29, 1.82) is 0 Å². The number of hydrogen-bond acceptors (Lipinski definition) is 6. The first-order valence-electron chi connectivity index (χ1n) is 9.61. The molecule has 2 aromatic rings. The van der Waals surface area contributed by atoms with E-state index in [4.69, 9.17) is 9.47 Å². The first kappa shape index (κ1) is 30.5. The van der Waals surface area contributed by atoms with Crippen LogP contribution in [0.15, 0.2) is 68.4 Å². The van der Waals surface area contributed by atoms with Crippen LogP contribution in [0.3, 0.4) is 0 Å². The van der Waals surface area contributed by atoms with Gasteiger partial charge in [-0.2, -0.15) is 26.3 Å². The molecular formula is C22H14CoF6N2O4S2. The summed E-state index contributed by atoms with van der Waals surface area (Å²) in [5, 5.41) is 7.93. The fraction of sp³-hybridized carbons (Fsp3) is 0.182. The zero-order chi connectivity index (χ0) is 26.7. The normalized spacial score (nSPS) is 15.9. The molecule has 0 spiro atoms. The molecule has 199 valence electrons. The molecule has 6 nitrogen and oxygen atoms in total. The molecule has 0 aromatic heterocycles. The van der Waals surface area contributed by atoms with Crippen LogP contribution in [0.2, 0.25) is 0 Å². The number of carbonyl (C=O) groups is 2. The van der Waals surface area contributed by atoms with Gasteiger partial charge in [0.05, 0.1) is 14.2 Å². The third kappa shape index (κ3) is 8.11. The number of halogens is 6. The number of fused-ring (bicyclic) bond motifs is 2. The van der Waals surface area contributed by atoms with Gasteiger partial charge in [0.15, 0.2) is 0 Å². The second-order valence-corrected chi connectivity index (χ2v) is 8.91. The van der Waals surface area contributed by atoms with Crippen LogP contribution in [0, 0.1) is 0 Å². The van der Waals surface area contributed by atoms with E-state index in [-0.39, 0.29) is 26.8 Å². The van der Waals surface area contributed by atoms with Crippen LogP contribution in [-0.4, -0.2) is 38.1 Å². The van der Waals surface area contributed by atoms with Crippen molar-refractivity contribution in [2.75, 3.05) is 14.2 Å². The molecule has 2 aromatic carbocycles. The van der Waals surface area contributed by atoms with E-state index in [0.717, 1.165) is 23.5 Å². The van der Waals surface area contributed by atoms with Crippen molar-refractivity contribution in [2.45, 2.75) is 22.1 Å². The molecule has 1 radical (unpaired) electrons. The molecular weight excluding hydrogens is 593 g/mol. The van der Waals surface area contributed by atoms with Gasteiger partial charge in [-0.1, -0.05) is 10.1 Å². The molecule has 15 heteroatoms. The van der Waals surface area contributed by atoms with Gasteiger partial charge in [0.1, 0.15) is 11.5 Å². The van der Waals surface area contributed by atoms with Crippen molar-refractivity contribution in [3.8, 4) is 11.5 Å². The topological polar surface area (TPSA) is 80.8 Å². The fourth-order valence-electron chi connectivity index (χ4n) is 2.62. The quantitative estimate of drug-likeness (QED) is 0.264. The second-order valence-electron chi connectivity index (χ2n) is 6.78. The number of benzene rings is 2. The van der Waals surface area contributed by atoms with Crippen molar-refractivity contribution in [1.82, 2.24) is 0 Å². The van der Waals surface area contributed by atoms with Gasteiger partial charge >= 0.3 is 29.1 Å². The summed E-state index contributed by atoms with van der Waals surface area (Å²) in [5.74, 6) is -2.70. The van der Waals surface area contributed by atoms with E-state index in [2.05, 4.69) is 10.6 Å². The maximum Gasteiger partial charge on any atom is 2.00 e. The second kappa shape index (κ2) is 12.2. The van der Waals surface area contributed by atoms with Crippen LogP contribution in [0.5, 0.6) is 11.5 Å². The van der Waals surface area contributed by atoms with Crippen molar-refractivity contribution in [3.05, 3.63) is 69.2 Å². The SMILES string of the molecule is COc1ccc2c(c1)[N-]/C(=C\C(=O)C(F)(F)F)S2.COc1ccc2c(c1)[N-]/C(=C\C(=O)C(F)(F)F)S2.[Co+2]. The van der Waals surface area contributed by atoms with Gasteiger partial charge in [0, 0.05) is 0 Å². The Kier molecular flexibility index (Phi) is 10.0. The largest absolute Gasteiger partial charge is 2.00 e. The molecule has 0 N–H and O–H groups in total. The number of ether oxygens (including phenoxy) is 2. The Balaban J connectivity index is 0.000000253. The molecule has 4 rings (SSSR count). The Bertz CT molecular complexity index is 1150. The Morgan fingerprint density at radius 2 is 1.08 bits per heavy atom. The Hall–Kier alpha value is -2.75. The van der Waals surface area contributed by atoms with Crippen LogP contribution in [0.4, 0.5) is 37.7 Å². The molecule has 2 aliphatic heterocycles. The Morgan fingerprint density at radius 1 is 0.730 bits per heavy atom. The smallest absolute Gasteiger partial charge is 0.651 e. The van der Waals surface area contributed by atoms with E-state index in [0.29, 0.717) is 44.8 Å². The number of rotatable bonds is 4. The molecule has 0 aliphatic carbocycles. The molecule has 0 saturated heterocycles. The minimum Gasteiger partial charge on any atom is -0.651 e. The fourth-order valence-corrected chi connectivity index (χ4v) is 4.38. The van der Waals surface area contributed by atoms with Gasteiger partial charge in [-0.25, -0.2) is 0 Å². The van der Waals surface area contributed by atoms with Gasteiger partial charge in [-0.05, 0) is 58.3 Å². The van der Waals surface area contributed by atoms with E-state index in [1.807, 2.05) is 0 Å². The predicted molar refractivity (Wildman–Crippen MR) is 122 cm³/mol. The number of thioether (sulfide) groups is 2. The Labute approximate surface area is 225 Å². The van der Waals surface area contributed by atoms with Crippen LogP contribution in [-0.2, 0) is 26.4 Å². The number of hydrogen-bond donors (Lipinski definition) is 0. The van der Waals surface area contributed by atoms with E-state index >= 15 is 0 Å². The standard InChI is InChI=1S/2C11H8F3NO2S.Co/c2*1-17-6-2-3-8-7(4-6)15-10(18-8)5-9(16)11(12,13)14;/h2*2-5H,1H3,(H,15,16);/q;;+2/p-2. The van der Waals surface area contributed by atoms with Crippen LogP contribution in [0.1, 0.15) is 0 Å². The molecule has 2 heterocycles. The van der Waals surface area contributed by atoms with Crippen LogP contribution < -0.4 is 9.47 Å². The number of ketones is 2. The summed E-state index contributed by atoms with van der Waals surface area (Å²) in [5.41, 5.74) is 1.00. The predicted octanol–water partition coefficient (Wildman–Crippen LogP) is 7.56. The third-order valence-corrected chi connectivity index (χ3v) is 6.26. The molecule has 0 atom stereocenters. The summed E-state index contributed by atoms with van der Waals surface area (Å²) >= 11 is 2.04. The van der Waals surface area contributed by atoms with E-state index in [1.54, 1.807) is 36.4 Å². The molecule has 2 aliphatic rings. The number of carbonyl (C=O) groups excluding carboxylic acids is 2. The summed E-state index contributed by atoms with van der Waals surface area (Å²) in [7, 11) is 2.96. The average Bonchev–Trinajstić information content (AvgIpc) is 3.39. The van der Waals surface area contributed by atoms with Crippen molar-refractivity contribution in [2.24, 2.45) is 0 Å². The van der Waals surface area contributed by atoms with Crippen molar-refractivity contribution < 1.29 is 62.2 Å². The summed E-state index contributed by atoms with van der Waals surface area (Å²) < 4.78 is 82.5. The summed E-state index contributed by atoms with van der Waals surface area (Å²) in [6.45, 7) is 0. The van der Waals surface area contributed by atoms with Crippen molar-refractivity contribution >= 4 is 46.5 Å². The molecule has 37 heavy (non-hydrogen) atoms. The first-order valence-corrected chi connectivity index (χ1v) is 11.2. The van der Waals surface area contributed by atoms with E-state index in [1.165, 1.54) is 14.2 Å². The zero-order valence-electron chi connectivity index (χ0n) is 18.6. The maximum absolute atomic E-state index is 12.1. The molecule has 0 fully saturated rings. The van der Waals surface area contributed by atoms with Gasteiger partial charge in [-0.3, -0.25) is 9.59 Å². The summed E-state index contributed by atoms with van der Waals surface area (Å²) in [4.78, 5) is 23.0. The van der Waals surface area contributed by atoms with Crippen molar-refractivity contribution in [3.63, 3.8) is 0 Å². The molecule has 0 bridgehead atoms. The monoisotopic (exact) mass is 607 g/mol. The molecule has 0 amide bonds. The minimum atomic E-state index is -4.87. The molecule has 0 saturated carbocycles. The zero-order valence-corrected chi connectivity index (χ0v) is 21.2. The number of alkyl halides is 6. The maximum atomic E-state index is 12.1. The average molecular weight is 607 g/mol. The van der Waals surface area contributed by atoms with Gasteiger partial charge in [0.2, 0.25) is 0 Å². The van der Waals surface area contributed by atoms with Gasteiger partial charge in [0.25, 0.3) is 11.6 Å². The molecule has 0 unspecified atom stereocenters. The number of allylic oxidation sites excluding steroid dienone is 2. The number of methoxy groups -OCH3 is 2. The van der Waals surface area contributed by atoms with Gasteiger partial charge < -0.3 is 20.1 Å². The summed E-state index contributed by atoms with van der Waals surface area (Å²) in [6, 6.07) is 9.91. The van der Waals surface area contributed by atoms with Gasteiger partial charge in [-0.15, -0.1) is 34.9 Å². The van der Waals surface area contributed by atoms with E-state index in [9.17, 15) is 35.9 Å². The van der Waals surface area contributed by atoms with E-state index < -0.39 is 23.9 Å². The minimum absolute atomic E-state index is 0. The van der Waals surface area contributed by atoms with Crippen LogP contribution in [0.25, 0.3) is 10.6 Å².